The molecule has 3 aromatic rings. The number of esters is 1. The molecule has 1 saturated heterocycles. The van der Waals surface area contributed by atoms with Gasteiger partial charge in [0.05, 0.1) is 22.6 Å². The van der Waals surface area contributed by atoms with Crippen LogP contribution in [0, 0.1) is 17.2 Å². The summed E-state index contributed by atoms with van der Waals surface area (Å²) >= 11 is 3.49. The molecule has 0 saturated carbocycles. The number of benzene rings is 1. The first-order valence-electron chi connectivity index (χ1n) is 9.08. The molecule has 9 heteroatoms. The van der Waals surface area contributed by atoms with Crippen molar-refractivity contribution in [1.82, 2.24) is 14.5 Å². The Kier molecular flexibility index (Phi) is 5.22. The van der Waals surface area contributed by atoms with Crippen LogP contribution in [0.15, 0.2) is 41.3 Å². The third-order valence-electron chi connectivity index (χ3n) is 4.98. The second-order valence-corrected chi connectivity index (χ2v) is 7.68. The van der Waals surface area contributed by atoms with Crippen LogP contribution in [-0.2, 0) is 9.47 Å². The molecule has 1 aliphatic heterocycles. The van der Waals surface area contributed by atoms with Crippen molar-refractivity contribution in [3.8, 4) is 6.07 Å². The molecule has 2 N–H and O–H groups in total. The summed E-state index contributed by atoms with van der Waals surface area (Å²) in [6.45, 7) is 2.19. The monoisotopic (exact) mass is 455 g/mol. The minimum Gasteiger partial charge on any atom is -0.459 e. The van der Waals surface area contributed by atoms with Gasteiger partial charge in [-0.05, 0) is 34.5 Å². The van der Waals surface area contributed by atoms with E-state index >= 15 is 0 Å². The smallest absolute Gasteiger partial charge is 0.338 e. The third kappa shape index (κ3) is 3.45. The number of halogens is 1. The Bertz CT molecular complexity index is 1110. The normalized spacial score (nSPS) is 21.2. The van der Waals surface area contributed by atoms with E-state index in [1.807, 2.05) is 17.6 Å². The molecule has 148 valence electrons. The fourth-order valence-corrected chi connectivity index (χ4v) is 4.29. The molecule has 1 aromatic carbocycles. The van der Waals surface area contributed by atoms with Crippen LogP contribution >= 0.6 is 15.9 Å². The van der Waals surface area contributed by atoms with Gasteiger partial charge in [-0.2, -0.15) is 5.26 Å². The van der Waals surface area contributed by atoms with E-state index in [1.54, 1.807) is 24.3 Å². The van der Waals surface area contributed by atoms with Crippen molar-refractivity contribution >= 4 is 38.8 Å². The Hall–Kier alpha value is -2.96. The predicted molar refractivity (Wildman–Crippen MR) is 109 cm³/mol. The number of nitriles is 1. The van der Waals surface area contributed by atoms with Crippen LogP contribution in [0.1, 0.15) is 35.5 Å². The molecule has 0 spiro atoms. The van der Waals surface area contributed by atoms with Gasteiger partial charge >= 0.3 is 5.97 Å². The number of carbonyl (C=O) groups is 1. The fourth-order valence-electron chi connectivity index (χ4n) is 3.63. The maximum absolute atomic E-state index is 12.2. The van der Waals surface area contributed by atoms with E-state index in [9.17, 15) is 10.1 Å². The minimum absolute atomic E-state index is 0.102. The zero-order valence-corrected chi connectivity index (χ0v) is 17.2. The predicted octanol–water partition coefficient (Wildman–Crippen LogP) is 3.43. The van der Waals surface area contributed by atoms with Gasteiger partial charge in [0.1, 0.15) is 41.3 Å². The summed E-state index contributed by atoms with van der Waals surface area (Å²) in [6, 6.07) is 11.0. The largest absolute Gasteiger partial charge is 0.459 e. The molecule has 3 heterocycles. The van der Waals surface area contributed by atoms with E-state index in [2.05, 4.69) is 32.0 Å². The number of rotatable bonds is 4. The molecule has 4 rings (SSSR count). The van der Waals surface area contributed by atoms with Crippen molar-refractivity contribution < 1.29 is 14.3 Å². The minimum atomic E-state index is -0.385. The number of fused-ring (bicyclic) bond motifs is 1. The standard InChI is InChI=1S/C20H18BrN5O3/c1-11-7-13(9-28-20(27)12-5-3-2-4-6-12)29-19(11)26-16(21)14(8-22)15-17(23)24-10-25-18(15)26/h2-6,10-11,13,19H,7,9H2,1H3,(H2,23,24,25). The summed E-state index contributed by atoms with van der Waals surface area (Å²) in [4.78, 5) is 20.5. The zero-order chi connectivity index (χ0) is 20.5. The number of hydrogen-bond acceptors (Lipinski definition) is 7. The molecule has 0 aliphatic carbocycles. The Morgan fingerprint density at radius 3 is 2.90 bits per heavy atom. The average Bonchev–Trinajstić information content (AvgIpc) is 3.23. The maximum atomic E-state index is 12.2. The highest BCUT2D eigenvalue weighted by molar-refractivity contribution is 9.10. The van der Waals surface area contributed by atoms with E-state index in [-0.39, 0.29) is 36.6 Å². The van der Waals surface area contributed by atoms with E-state index < -0.39 is 0 Å². The van der Waals surface area contributed by atoms with Gasteiger partial charge in [-0.25, -0.2) is 14.8 Å². The number of anilines is 1. The molecule has 29 heavy (non-hydrogen) atoms. The highest BCUT2D eigenvalue weighted by Crippen LogP contribution is 2.41. The van der Waals surface area contributed by atoms with Gasteiger partial charge in [-0.3, -0.25) is 4.57 Å². The molecule has 0 bridgehead atoms. The van der Waals surface area contributed by atoms with Crippen LogP contribution < -0.4 is 5.73 Å². The lowest BCUT2D eigenvalue weighted by Crippen LogP contribution is -2.20. The van der Waals surface area contributed by atoms with Crippen molar-refractivity contribution in [2.45, 2.75) is 25.7 Å². The van der Waals surface area contributed by atoms with Gasteiger partial charge in [0.2, 0.25) is 0 Å². The van der Waals surface area contributed by atoms with Crippen molar-refractivity contribution in [3.05, 3.63) is 52.4 Å². The van der Waals surface area contributed by atoms with Crippen LogP contribution in [0.3, 0.4) is 0 Å². The Morgan fingerprint density at radius 1 is 1.41 bits per heavy atom. The molecule has 3 atom stereocenters. The third-order valence-corrected chi connectivity index (χ3v) is 5.76. The number of nitrogens with two attached hydrogens (primary N) is 1. The number of ether oxygens (including phenoxy) is 2. The second-order valence-electron chi connectivity index (χ2n) is 6.93. The van der Waals surface area contributed by atoms with Crippen molar-refractivity contribution in [1.29, 1.82) is 5.26 Å². The number of carbonyl (C=O) groups excluding carboxylic acids is 1. The van der Waals surface area contributed by atoms with Crippen LogP contribution in [0.2, 0.25) is 0 Å². The average molecular weight is 456 g/mol. The first-order chi connectivity index (χ1) is 14.0. The van der Waals surface area contributed by atoms with E-state index in [0.29, 0.717) is 33.2 Å². The Labute approximate surface area is 175 Å². The summed E-state index contributed by atoms with van der Waals surface area (Å²) in [5.74, 6) is -0.0415. The van der Waals surface area contributed by atoms with Gasteiger partial charge < -0.3 is 15.2 Å². The van der Waals surface area contributed by atoms with Gasteiger partial charge in [0.25, 0.3) is 0 Å². The quantitative estimate of drug-likeness (QED) is 0.598. The molecule has 0 amide bonds. The van der Waals surface area contributed by atoms with Crippen molar-refractivity contribution in [2.75, 3.05) is 12.3 Å². The molecule has 2 aromatic heterocycles. The van der Waals surface area contributed by atoms with Crippen LogP contribution in [-0.4, -0.2) is 33.2 Å². The van der Waals surface area contributed by atoms with Crippen molar-refractivity contribution in [3.63, 3.8) is 0 Å². The van der Waals surface area contributed by atoms with Gasteiger partial charge in [-0.1, -0.05) is 25.1 Å². The van der Waals surface area contributed by atoms with Crippen molar-refractivity contribution in [2.24, 2.45) is 5.92 Å². The van der Waals surface area contributed by atoms with Gasteiger partial charge in [0.15, 0.2) is 0 Å². The summed E-state index contributed by atoms with van der Waals surface area (Å²) in [6.07, 6.45) is 1.40. The summed E-state index contributed by atoms with van der Waals surface area (Å²) in [7, 11) is 0. The van der Waals surface area contributed by atoms with Crippen LogP contribution in [0.4, 0.5) is 5.82 Å². The lowest BCUT2D eigenvalue weighted by molar-refractivity contribution is -0.0382. The fraction of sp³-hybridized carbons (Fsp3) is 0.300. The zero-order valence-electron chi connectivity index (χ0n) is 15.6. The van der Waals surface area contributed by atoms with Gasteiger partial charge in [-0.15, -0.1) is 0 Å². The number of aromatic nitrogens is 3. The molecular formula is C20H18BrN5O3. The molecule has 1 fully saturated rings. The first kappa shape index (κ1) is 19.4. The van der Waals surface area contributed by atoms with E-state index in [0.717, 1.165) is 0 Å². The Morgan fingerprint density at radius 2 is 2.17 bits per heavy atom. The van der Waals surface area contributed by atoms with Crippen LogP contribution in [0.5, 0.6) is 0 Å². The molecular weight excluding hydrogens is 438 g/mol. The van der Waals surface area contributed by atoms with E-state index in [4.69, 9.17) is 15.2 Å². The first-order valence-corrected chi connectivity index (χ1v) is 9.88. The number of nitrogen functional groups attached to an aromatic ring is 1. The lowest BCUT2D eigenvalue weighted by Gasteiger charge is -2.19. The maximum Gasteiger partial charge on any atom is 0.338 e. The number of hydrogen-bond donors (Lipinski definition) is 1. The summed E-state index contributed by atoms with van der Waals surface area (Å²) in [5, 5.41) is 10.1. The molecule has 8 nitrogen and oxygen atoms in total. The lowest BCUT2D eigenvalue weighted by atomic mass is 10.1. The topological polar surface area (TPSA) is 116 Å². The van der Waals surface area contributed by atoms with Gasteiger partial charge in [0, 0.05) is 5.92 Å². The number of nitrogens with zero attached hydrogens (tertiary/aromatic N) is 4. The van der Waals surface area contributed by atoms with E-state index in [1.165, 1.54) is 6.33 Å². The summed E-state index contributed by atoms with van der Waals surface area (Å²) < 4.78 is 14.0. The highest BCUT2D eigenvalue weighted by Gasteiger charge is 2.37. The molecule has 3 unspecified atom stereocenters. The molecule has 1 aliphatic rings. The highest BCUT2D eigenvalue weighted by atomic mass is 79.9. The summed E-state index contributed by atoms with van der Waals surface area (Å²) in [5.41, 5.74) is 7.37. The Balaban J connectivity index is 1.55. The second kappa shape index (κ2) is 7.81. The molecule has 0 radical (unpaired) electrons. The SMILES string of the molecule is CC1CC(COC(=O)c2ccccc2)OC1n1c(Br)c(C#N)c2c(N)ncnc21. The van der Waals surface area contributed by atoms with Crippen LogP contribution in [0.25, 0.3) is 11.0 Å².